The molecule has 10 aromatic rings. The van der Waals surface area contributed by atoms with Crippen LogP contribution in [0.1, 0.15) is 16.7 Å². The Morgan fingerprint density at radius 1 is 0.452 bits per heavy atom. The highest BCUT2D eigenvalue weighted by molar-refractivity contribution is 6.13. The van der Waals surface area contributed by atoms with E-state index in [1.807, 2.05) is 118 Å². The van der Waals surface area contributed by atoms with E-state index < -0.39 is 11.7 Å². The smallest absolute Gasteiger partial charge is 0.309 e. The van der Waals surface area contributed by atoms with Crippen molar-refractivity contribution in [2.24, 2.45) is 0 Å². The summed E-state index contributed by atoms with van der Waals surface area (Å²) < 4.78 is 50.4. The van der Waals surface area contributed by atoms with Crippen molar-refractivity contribution in [2.75, 3.05) is 0 Å². The van der Waals surface area contributed by atoms with Gasteiger partial charge in [0.25, 0.3) is 0 Å². The van der Waals surface area contributed by atoms with Crippen LogP contribution >= 0.6 is 0 Å². The molecule has 0 radical (unpaired) electrons. The number of alkyl halides is 3. The second kappa shape index (κ2) is 14.4. The molecule has 9 heteroatoms. The molecule has 0 unspecified atom stereocenters. The van der Waals surface area contributed by atoms with Gasteiger partial charge in [-0.2, -0.15) is 23.7 Å². The summed E-state index contributed by atoms with van der Waals surface area (Å²) in [6, 6.07) is 52.8. The normalized spacial score (nSPS) is 11.4. The summed E-state index contributed by atoms with van der Waals surface area (Å²) in [5, 5.41) is 23.6. The molecule has 0 amide bonds. The summed E-state index contributed by atoms with van der Waals surface area (Å²) >= 11 is 0. The maximum Gasteiger partial charge on any atom is 0.415 e. The molecule has 0 fully saturated rings. The zero-order valence-electron chi connectivity index (χ0n) is 32.4. The Kier molecular flexibility index (Phi) is 8.70. The number of nitrogens with zero attached hydrogens (tertiary/aromatic N) is 6. The van der Waals surface area contributed by atoms with Crippen LogP contribution in [0.4, 0.5) is 24.5 Å². The standard InChI is InChI=1S/C53H27F3N6/c1-59-38-22-18-35(19-23-38)37-21-25-42-40-9-4-6-13-46(40)62(48(42)29-37)50-27-33(31-58)26-49(52(50)51-43(53(54,55)56)10-7-11-44(51)60-2)61-45-12-5-3-8-39(45)41-24-20-36(28-47(41)61)34-16-14-32(30-57)15-17-34/h3-29H. The zero-order chi connectivity index (χ0) is 42.7. The van der Waals surface area contributed by atoms with E-state index in [9.17, 15) is 10.5 Å². The minimum Gasteiger partial charge on any atom is -0.309 e. The van der Waals surface area contributed by atoms with Crippen LogP contribution < -0.4 is 0 Å². The molecule has 0 bridgehead atoms. The molecule has 0 aliphatic carbocycles. The van der Waals surface area contributed by atoms with Gasteiger partial charge in [0.05, 0.1) is 75.4 Å². The molecule has 290 valence electrons. The SMILES string of the molecule is [C-]#[N+]c1ccc(-c2ccc3c4ccccc4n(-c4cc(C#N)cc(-n5c6ccccc6c6ccc(-c7ccc(C#N)cc7)cc65)c4-c4c([N+]#[C-])cccc4C(F)(F)F)c3c2)cc1. The highest BCUT2D eigenvalue weighted by Crippen LogP contribution is 2.50. The first-order valence-electron chi connectivity index (χ1n) is 19.4. The Morgan fingerprint density at radius 2 is 0.935 bits per heavy atom. The van der Waals surface area contributed by atoms with E-state index in [0.717, 1.165) is 49.9 Å². The van der Waals surface area contributed by atoms with Crippen molar-refractivity contribution in [3.8, 4) is 56.9 Å². The van der Waals surface area contributed by atoms with Gasteiger partial charge in [-0.15, -0.1) is 0 Å². The lowest BCUT2D eigenvalue weighted by atomic mass is 9.92. The van der Waals surface area contributed by atoms with Crippen LogP contribution in [0.25, 0.3) is 98.1 Å². The van der Waals surface area contributed by atoms with E-state index in [1.54, 1.807) is 36.4 Å². The fourth-order valence-corrected chi connectivity index (χ4v) is 8.70. The highest BCUT2D eigenvalue weighted by Gasteiger charge is 2.37. The summed E-state index contributed by atoms with van der Waals surface area (Å²) in [5.41, 5.74) is 6.34. The van der Waals surface area contributed by atoms with Gasteiger partial charge in [0.2, 0.25) is 0 Å². The largest absolute Gasteiger partial charge is 0.415 e. The lowest BCUT2D eigenvalue weighted by Gasteiger charge is -2.24. The monoisotopic (exact) mass is 804 g/mol. The molecule has 0 saturated heterocycles. The van der Waals surface area contributed by atoms with Crippen molar-refractivity contribution in [2.45, 2.75) is 6.18 Å². The van der Waals surface area contributed by atoms with E-state index in [1.165, 1.54) is 12.1 Å². The number of benzene rings is 8. The van der Waals surface area contributed by atoms with Crippen LogP contribution in [-0.4, -0.2) is 9.13 Å². The predicted molar refractivity (Wildman–Crippen MR) is 238 cm³/mol. The number of halogens is 3. The van der Waals surface area contributed by atoms with E-state index in [4.69, 9.17) is 13.1 Å². The van der Waals surface area contributed by atoms with Crippen molar-refractivity contribution in [1.82, 2.24) is 9.13 Å². The van der Waals surface area contributed by atoms with E-state index >= 15 is 13.2 Å². The first-order chi connectivity index (χ1) is 30.2. The predicted octanol–water partition coefficient (Wildman–Crippen LogP) is 14.7. The van der Waals surface area contributed by atoms with Gasteiger partial charge in [0.1, 0.15) is 0 Å². The van der Waals surface area contributed by atoms with Gasteiger partial charge in [-0.25, -0.2) is 9.69 Å². The summed E-state index contributed by atoms with van der Waals surface area (Å²) in [5.74, 6) is 0. The van der Waals surface area contributed by atoms with Crippen LogP contribution in [0.15, 0.2) is 164 Å². The average Bonchev–Trinajstić information content (AvgIpc) is 3.82. The fourth-order valence-electron chi connectivity index (χ4n) is 8.70. The Hall–Kier alpha value is -8.89. The molecular formula is C53H27F3N6. The average molecular weight is 805 g/mol. The third-order valence-corrected chi connectivity index (χ3v) is 11.5. The first-order valence-corrected chi connectivity index (χ1v) is 19.4. The second-order valence-corrected chi connectivity index (χ2v) is 14.8. The molecule has 0 aliphatic rings. The number of fused-ring (bicyclic) bond motifs is 6. The first kappa shape index (κ1) is 37.4. The lowest BCUT2D eigenvalue weighted by molar-refractivity contribution is -0.137. The quantitative estimate of drug-likeness (QED) is 0.163. The van der Waals surface area contributed by atoms with Crippen LogP contribution in [-0.2, 0) is 6.18 Å². The summed E-state index contributed by atoms with van der Waals surface area (Å²) in [6.07, 6.45) is -4.87. The minimum absolute atomic E-state index is 0.115. The van der Waals surface area contributed by atoms with E-state index in [0.29, 0.717) is 33.3 Å². The van der Waals surface area contributed by atoms with Crippen molar-refractivity contribution in [3.63, 3.8) is 0 Å². The number of hydrogen-bond acceptors (Lipinski definition) is 2. The molecule has 0 saturated carbocycles. The number of aromatic nitrogens is 2. The number of rotatable bonds is 5. The third-order valence-electron chi connectivity index (χ3n) is 11.5. The maximum absolute atomic E-state index is 15.5. The third kappa shape index (κ3) is 5.93. The van der Waals surface area contributed by atoms with Crippen LogP contribution in [0.5, 0.6) is 0 Å². The molecular weight excluding hydrogens is 778 g/mol. The Morgan fingerprint density at radius 3 is 1.42 bits per heavy atom. The molecule has 10 rings (SSSR count). The Balaban J connectivity index is 1.40. The lowest BCUT2D eigenvalue weighted by Crippen LogP contribution is -2.11. The van der Waals surface area contributed by atoms with Crippen molar-refractivity contribution < 1.29 is 13.2 Å². The molecule has 0 spiro atoms. The molecule has 0 aliphatic heterocycles. The van der Waals surface area contributed by atoms with Crippen LogP contribution in [0, 0.1) is 35.8 Å². The Labute approximate surface area is 353 Å². The summed E-state index contributed by atoms with van der Waals surface area (Å²) in [6.45, 7) is 15.7. The molecule has 2 heterocycles. The van der Waals surface area contributed by atoms with E-state index in [-0.39, 0.29) is 33.8 Å². The van der Waals surface area contributed by atoms with Crippen molar-refractivity contribution in [1.29, 1.82) is 10.5 Å². The second-order valence-electron chi connectivity index (χ2n) is 14.8. The minimum atomic E-state index is -4.87. The number of nitriles is 2. The molecule has 8 aromatic carbocycles. The van der Waals surface area contributed by atoms with Crippen molar-refractivity contribution >= 4 is 55.0 Å². The number of para-hydroxylation sites is 2. The van der Waals surface area contributed by atoms with Crippen LogP contribution in [0.3, 0.4) is 0 Å². The summed E-state index contributed by atoms with van der Waals surface area (Å²) in [4.78, 5) is 7.25. The van der Waals surface area contributed by atoms with Gasteiger partial charge in [0, 0.05) is 32.7 Å². The van der Waals surface area contributed by atoms with Gasteiger partial charge >= 0.3 is 6.18 Å². The van der Waals surface area contributed by atoms with Crippen LogP contribution in [0.2, 0.25) is 0 Å². The van der Waals surface area contributed by atoms with Gasteiger partial charge < -0.3 is 9.13 Å². The molecule has 62 heavy (non-hydrogen) atoms. The topological polar surface area (TPSA) is 66.2 Å². The van der Waals surface area contributed by atoms with Gasteiger partial charge in [-0.3, -0.25) is 0 Å². The number of hydrogen-bond donors (Lipinski definition) is 0. The zero-order valence-corrected chi connectivity index (χ0v) is 32.4. The fraction of sp³-hybridized carbons (Fsp3) is 0.0189. The molecule has 2 aromatic heterocycles. The van der Waals surface area contributed by atoms with Crippen molar-refractivity contribution in [3.05, 3.63) is 203 Å². The highest BCUT2D eigenvalue weighted by atomic mass is 19.4. The molecule has 0 N–H and O–H groups in total. The molecule has 6 nitrogen and oxygen atoms in total. The maximum atomic E-state index is 15.5. The van der Waals surface area contributed by atoms with Gasteiger partial charge in [-0.05, 0) is 70.8 Å². The Bertz CT molecular complexity index is 3460. The van der Waals surface area contributed by atoms with Gasteiger partial charge in [0.15, 0.2) is 11.4 Å². The van der Waals surface area contributed by atoms with E-state index in [2.05, 4.69) is 21.8 Å². The van der Waals surface area contributed by atoms with Gasteiger partial charge in [-0.1, -0.05) is 115 Å². The molecule has 0 atom stereocenters. The summed E-state index contributed by atoms with van der Waals surface area (Å²) in [7, 11) is 0.